The van der Waals surface area contributed by atoms with Crippen molar-refractivity contribution in [3.63, 3.8) is 0 Å². The summed E-state index contributed by atoms with van der Waals surface area (Å²) in [4.78, 5) is 15.6. The number of nitrogens with zero attached hydrogens (tertiary/aromatic N) is 1. The van der Waals surface area contributed by atoms with Crippen LogP contribution in [0.3, 0.4) is 0 Å². The lowest BCUT2D eigenvalue weighted by molar-refractivity contribution is 0.0936. The molecule has 0 aliphatic rings. The van der Waals surface area contributed by atoms with Crippen LogP contribution >= 0.6 is 23.2 Å². The molecule has 0 radical (unpaired) electrons. The summed E-state index contributed by atoms with van der Waals surface area (Å²) in [5.74, 6) is -0.287. The van der Waals surface area contributed by atoms with E-state index in [1.165, 1.54) is 12.3 Å². The van der Waals surface area contributed by atoms with E-state index >= 15 is 0 Å². The van der Waals surface area contributed by atoms with Crippen molar-refractivity contribution in [1.82, 2.24) is 10.3 Å². The van der Waals surface area contributed by atoms with Gasteiger partial charge < -0.3 is 10.4 Å². The maximum atomic E-state index is 11.8. The molecule has 1 rings (SSSR count). The average molecular weight is 277 g/mol. The Kier molecular flexibility index (Phi) is 5.68. The molecule has 0 saturated carbocycles. The van der Waals surface area contributed by atoms with E-state index in [2.05, 4.69) is 10.3 Å². The zero-order chi connectivity index (χ0) is 12.8. The summed E-state index contributed by atoms with van der Waals surface area (Å²) in [5.41, 5.74) is 0.308. The lowest BCUT2D eigenvalue weighted by atomic mass is 10.1. The fourth-order valence-electron chi connectivity index (χ4n) is 1.36. The highest BCUT2D eigenvalue weighted by Crippen LogP contribution is 2.18. The largest absolute Gasteiger partial charge is 0.396 e. The van der Waals surface area contributed by atoms with E-state index in [4.69, 9.17) is 28.3 Å². The summed E-state index contributed by atoms with van der Waals surface area (Å²) in [6.07, 6.45) is 2.70. The molecule has 94 valence electrons. The number of hydrogen-bond donors (Lipinski definition) is 2. The molecule has 1 aromatic rings. The van der Waals surface area contributed by atoms with Crippen LogP contribution in [0.1, 0.15) is 30.1 Å². The van der Waals surface area contributed by atoms with Crippen LogP contribution in [0.15, 0.2) is 12.3 Å². The van der Waals surface area contributed by atoms with E-state index in [9.17, 15) is 4.79 Å². The maximum absolute atomic E-state index is 11.8. The molecule has 0 aliphatic carbocycles. The monoisotopic (exact) mass is 276 g/mol. The predicted octanol–water partition coefficient (Wildman–Crippen LogP) is 2.28. The molecule has 1 amide bonds. The summed E-state index contributed by atoms with van der Waals surface area (Å²) >= 11 is 11.6. The Balaban J connectivity index is 2.66. The van der Waals surface area contributed by atoms with E-state index in [1.54, 1.807) is 0 Å². The van der Waals surface area contributed by atoms with Gasteiger partial charge in [-0.2, -0.15) is 0 Å². The Hall–Kier alpha value is -0.840. The first-order valence-corrected chi connectivity index (χ1v) is 6.03. The summed E-state index contributed by atoms with van der Waals surface area (Å²) in [7, 11) is 0. The number of aromatic nitrogens is 1. The minimum absolute atomic E-state index is 0.0299. The smallest absolute Gasteiger partial charge is 0.253 e. The highest BCUT2D eigenvalue weighted by molar-refractivity contribution is 6.35. The fourth-order valence-corrected chi connectivity index (χ4v) is 1.71. The van der Waals surface area contributed by atoms with Gasteiger partial charge in [-0.15, -0.1) is 0 Å². The Labute approximate surface area is 110 Å². The van der Waals surface area contributed by atoms with E-state index in [-0.39, 0.29) is 28.7 Å². The standard InChI is InChI=1S/C11H14Cl2N2O2/c1-7(3-2-4-16)15-11(17)8-5-10(13)14-6-9(8)12/h5-7,16H,2-4H2,1H3,(H,15,17). The molecule has 1 atom stereocenters. The summed E-state index contributed by atoms with van der Waals surface area (Å²) in [6.45, 7) is 1.98. The molecule has 17 heavy (non-hydrogen) atoms. The van der Waals surface area contributed by atoms with Crippen molar-refractivity contribution in [3.05, 3.63) is 28.0 Å². The van der Waals surface area contributed by atoms with E-state index < -0.39 is 0 Å². The topological polar surface area (TPSA) is 62.2 Å². The van der Waals surface area contributed by atoms with Crippen molar-refractivity contribution in [1.29, 1.82) is 0 Å². The van der Waals surface area contributed by atoms with Crippen LogP contribution in [-0.2, 0) is 0 Å². The number of aliphatic hydroxyl groups is 1. The normalized spacial score (nSPS) is 12.2. The number of aliphatic hydroxyl groups excluding tert-OH is 1. The van der Waals surface area contributed by atoms with E-state index in [1.807, 2.05) is 6.92 Å². The van der Waals surface area contributed by atoms with Crippen LogP contribution in [-0.4, -0.2) is 28.6 Å². The molecule has 1 unspecified atom stereocenters. The van der Waals surface area contributed by atoms with Gasteiger partial charge in [0.1, 0.15) is 5.15 Å². The third-order valence-corrected chi connectivity index (χ3v) is 2.75. The number of halogens is 2. The van der Waals surface area contributed by atoms with Crippen molar-refractivity contribution in [2.75, 3.05) is 6.61 Å². The van der Waals surface area contributed by atoms with Gasteiger partial charge >= 0.3 is 0 Å². The van der Waals surface area contributed by atoms with Gasteiger partial charge in [-0.05, 0) is 25.8 Å². The second-order valence-corrected chi connectivity index (χ2v) is 4.52. The van der Waals surface area contributed by atoms with Gasteiger partial charge in [-0.25, -0.2) is 4.98 Å². The number of carbonyl (C=O) groups excluding carboxylic acids is 1. The minimum Gasteiger partial charge on any atom is -0.396 e. The number of carbonyl (C=O) groups is 1. The maximum Gasteiger partial charge on any atom is 0.253 e. The third-order valence-electron chi connectivity index (χ3n) is 2.24. The number of pyridine rings is 1. The average Bonchev–Trinajstić information content (AvgIpc) is 2.29. The van der Waals surface area contributed by atoms with Crippen LogP contribution in [0.25, 0.3) is 0 Å². The molecule has 4 nitrogen and oxygen atoms in total. The van der Waals surface area contributed by atoms with E-state index in [0.717, 1.165) is 0 Å². The molecule has 0 fully saturated rings. The quantitative estimate of drug-likeness (QED) is 0.812. The van der Waals surface area contributed by atoms with Crippen molar-refractivity contribution >= 4 is 29.1 Å². The van der Waals surface area contributed by atoms with Crippen LogP contribution in [0.2, 0.25) is 10.2 Å². The van der Waals surface area contributed by atoms with Gasteiger partial charge in [-0.1, -0.05) is 23.2 Å². The number of amides is 1. The second kappa shape index (κ2) is 6.79. The molecule has 0 aromatic carbocycles. The number of nitrogens with one attached hydrogen (secondary N) is 1. The van der Waals surface area contributed by atoms with Crippen molar-refractivity contribution < 1.29 is 9.90 Å². The first-order valence-electron chi connectivity index (χ1n) is 5.27. The molecule has 0 bridgehead atoms. The Bertz CT molecular complexity index is 399. The summed E-state index contributed by atoms with van der Waals surface area (Å²) < 4.78 is 0. The van der Waals surface area contributed by atoms with Gasteiger partial charge in [0.15, 0.2) is 0 Å². The summed E-state index contributed by atoms with van der Waals surface area (Å²) in [6, 6.07) is 1.40. The predicted molar refractivity (Wildman–Crippen MR) is 67.5 cm³/mol. The van der Waals surface area contributed by atoms with Crippen molar-refractivity contribution in [3.8, 4) is 0 Å². The zero-order valence-corrected chi connectivity index (χ0v) is 10.9. The third kappa shape index (κ3) is 4.50. The highest BCUT2D eigenvalue weighted by atomic mass is 35.5. The fraction of sp³-hybridized carbons (Fsp3) is 0.455. The van der Waals surface area contributed by atoms with Gasteiger partial charge in [-0.3, -0.25) is 4.79 Å². The van der Waals surface area contributed by atoms with Crippen molar-refractivity contribution in [2.45, 2.75) is 25.8 Å². The van der Waals surface area contributed by atoms with Crippen LogP contribution in [0, 0.1) is 0 Å². The van der Waals surface area contributed by atoms with Crippen LogP contribution in [0.4, 0.5) is 0 Å². The van der Waals surface area contributed by atoms with E-state index in [0.29, 0.717) is 18.4 Å². The highest BCUT2D eigenvalue weighted by Gasteiger charge is 2.13. The number of rotatable bonds is 5. The van der Waals surface area contributed by atoms with Gasteiger partial charge in [0.05, 0.1) is 10.6 Å². The number of hydrogen-bond acceptors (Lipinski definition) is 3. The van der Waals surface area contributed by atoms with Gasteiger partial charge in [0.2, 0.25) is 0 Å². The molecular weight excluding hydrogens is 263 g/mol. The second-order valence-electron chi connectivity index (χ2n) is 3.73. The van der Waals surface area contributed by atoms with Gasteiger partial charge in [0, 0.05) is 18.8 Å². The molecule has 0 aliphatic heterocycles. The Morgan fingerprint density at radius 2 is 2.29 bits per heavy atom. The lowest BCUT2D eigenvalue weighted by Gasteiger charge is -2.13. The summed E-state index contributed by atoms with van der Waals surface area (Å²) in [5, 5.41) is 12.0. The molecular formula is C11H14Cl2N2O2. The molecule has 1 heterocycles. The van der Waals surface area contributed by atoms with Gasteiger partial charge in [0.25, 0.3) is 5.91 Å². The first-order chi connectivity index (χ1) is 8.04. The lowest BCUT2D eigenvalue weighted by Crippen LogP contribution is -2.32. The first kappa shape index (κ1) is 14.2. The minimum atomic E-state index is -0.287. The van der Waals surface area contributed by atoms with Crippen molar-refractivity contribution in [2.24, 2.45) is 0 Å². The Morgan fingerprint density at radius 3 is 2.94 bits per heavy atom. The molecule has 6 heteroatoms. The molecule has 1 aromatic heterocycles. The molecule has 2 N–H and O–H groups in total. The SMILES string of the molecule is CC(CCCO)NC(=O)c1cc(Cl)ncc1Cl. The molecule has 0 spiro atoms. The van der Waals surface area contributed by atoms with Crippen LogP contribution < -0.4 is 5.32 Å². The molecule has 0 saturated heterocycles. The van der Waals surface area contributed by atoms with Crippen LogP contribution in [0.5, 0.6) is 0 Å². The zero-order valence-electron chi connectivity index (χ0n) is 9.41. The Morgan fingerprint density at radius 1 is 1.59 bits per heavy atom.